The third kappa shape index (κ3) is 7.89. The summed E-state index contributed by atoms with van der Waals surface area (Å²) in [4.78, 5) is 12.3. The van der Waals surface area contributed by atoms with Crippen LogP contribution in [0, 0.1) is 29.0 Å². The standard InChI is InChI=1S/C28H34FNO3/c1-2-3-4-6-21-8-10-22(11-9-21)7-5-18-32-25-15-12-23(13-16-25)28(31)33-26-17-14-24(20-30)27(29)19-26/h12-17,19,21-22H,2-11,18H2,1H3/t21-,22-. The van der Waals surface area contributed by atoms with Crippen LogP contribution in [0.1, 0.15) is 87.1 Å². The average Bonchev–Trinajstić information content (AvgIpc) is 2.83. The molecule has 1 aliphatic rings. The van der Waals surface area contributed by atoms with Crippen LogP contribution in [-0.2, 0) is 0 Å². The molecule has 33 heavy (non-hydrogen) atoms. The maximum absolute atomic E-state index is 13.7. The van der Waals surface area contributed by atoms with Gasteiger partial charge in [0.15, 0.2) is 0 Å². The number of esters is 1. The second kappa shape index (κ2) is 13.0. The maximum Gasteiger partial charge on any atom is 0.343 e. The van der Waals surface area contributed by atoms with Crippen molar-refractivity contribution in [3.63, 3.8) is 0 Å². The van der Waals surface area contributed by atoms with E-state index in [1.54, 1.807) is 30.3 Å². The van der Waals surface area contributed by atoms with Crippen LogP contribution in [-0.4, -0.2) is 12.6 Å². The number of carbonyl (C=O) groups is 1. The minimum Gasteiger partial charge on any atom is -0.494 e. The predicted octanol–water partition coefficient (Wildman–Crippen LogP) is 7.46. The number of nitriles is 1. The normalized spacial score (nSPS) is 17.8. The zero-order valence-corrected chi connectivity index (χ0v) is 19.5. The molecule has 0 aliphatic heterocycles. The van der Waals surface area contributed by atoms with Crippen LogP contribution in [0.2, 0.25) is 0 Å². The van der Waals surface area contributed by atoms with E-state index in [1.165, 1.54) is 69.9 Å². The van der Waals surface area contributed by atoms with Gasteiger partial charge in [0.05, 0.1) is 17.7 Å². The van der Waals surface area contributed by atoms with Crippen LogP contribution < -0.4 is 9.47 Å². The highest BCUT2D eigenvalue weighted by Crippen LogP contribution is 2.34. The third-order valence-electron chi connectivity index (χ3n) is 6.57. The van der Waals surface area contributed by atoms with Crippen molar-refractivity contribution in [3.8, 4) is 17.6 Å². The first kappa shape index (κ1) is 24.8. The van der Waals surface area contributed by atoms with Crippen LogP contribution in [0.5, 0.6) is 11.5 Å². The van der Waals surface area contributed by atoms with Crippen molar-refractivity contribution in [2.75, 3.05) is 6.61 Å². The fourth-order valence-electron chi connectivity index (χ4n) is 4.56. The van der Waals surface area contributed by atoms with Crippen molar-refractivity contribution in [2.24, 2.45) is 11.8 Å². The van der Waals surface area contributed by atoms with Crippen LogP contribution in [0.4, 0.5) is 4.39 Å². The summed E-state index contributed by atoms with van der Waals surface area (Å²) in [5, 5.41) is 8.77. The molecule has 0 bridgehead atoms. The fourth-order valence-corrected chi connectivity index (χ4v) is 4.56. The largest absolute Gasteiger partial charge is 0.494 e. The minimum atomic E-state index is -0.716. The summed E-state index contributed by atoms with van der Waals surface area (Å²) in [6, 6.07) is 12.2. The highest BCUT2D eigenvalue weighted by atomic mass is 19.1. The molecule has 1 fully saturated rings. The van der Waals surface area contributed by atoms with Gasteiger partial charge < -0.3 is 9.47 Å². The van der Waals surface area contributed by atoms with Gasteiger partial charge in [-0.25, -0.2) is 9.18 Å². The van der Waals surface area contributed by atoms with E-state index in [9.17, 15) is 9.18 Å². The summed E-state index contributed by atoms with van der Waals surface area (Å²) in [6.45, 7) is 2.94. The first-order chi connectivity index (χ1) is 16.1. The Kier molecular flexibility index (Phi) is 9.75. The Morgan fingerprint density at radius 2 is 1.61 bits per heavy atom. The molecule has 0 amide bonds. The first-order valence-electron chi connectivity index (χ1n) is 12.2. The molecule has 2 aromatic rings. The summed E-state index contributed by atoms with van der Waals surface area (Å²) >= 11 is 0. The molecule has 0 aromatic heterocycles. The SMILES string of the molecule is CCCCC[C@H]1CC[C@H](CCCOc2ccc(C(=O)Oc3ccc(C#N)c(F)c3)cc2)CC1. The highest BCUT2D eigenvalue weighted by Gasteiger charge is 2.20. The van der Waals surface area contributed by atoms with Gasteiger partial charge in [-0.1, -0.05) is 58.3 Å². The number of rotatable bonds is 11. The Morgan fingerprint density at radius 3 is 2.21 bits per heavy atom. The molecule has 4 nitrogen and oxygen atoms in total. The zero-order chi connectivity index (χ0) is 23.5. The Balaban J connectivity index is 1.35. The molecule has 176 valence electrons. The number of nitrogens with zero attached hydrogens (tertiary/aromatic N) is 1. The molecule has 0 saturated heterocycles. The minimum absolute atomic E-state index is 0.0619. The molecule has 0 atom stereocenters. The lowest BCUT2D eigenvalue weighted by molar-refractivity contribution is 0.0734. The smallest absolute Gasteiger partial charge is 0.343 e. The van der Waals surface area contributed by atoms with Crippen LogP contribution in [0.15, 0.2) is 42.5 Å². The zero-order valence-electron chi connectivity index (χ0n) is 19.5. The van der Waals surface area contributed by atoms with Gasteiger partial charge in [-0.05, 0) is 61.1 Å². The van der Waals surface area contributed by atoms with E-state index in [0.29, 0.717) is 12.2 Å². The summed E-state index contributed by atoms with van der Waals surface area (Å²) in [5.41, 5.74) is 0.259. The van der Waals surface area contributed by atoms with E-state index in [2.05, 4.69) is 6.92 Å². The molecule has 0 radical (unpaired) electrons. The summed E-state index contributed by atoms with van der Waals surface area (Å²) in [6.07, 6.45) is 13.2. The second-order valence-corrected chi connectivity index (χ2v) is 9.04. The molecule has 1 aliphatic carbocycles. The topological polar surface area (TPSA) is 59.3 Å². The number of ether oxygens (including phenoxy) is 2. The van der Waals surface area contributed by atoms with E-state index in [0.717, 1.165) is 30.1 Å². The van der Waals surface area contributed by atoms with Gasteiger partial charge in [0.2, 0.25) is 0 Å². The van der Waals surface area contributed by atoms with E-state index in [-0.39, 0.29) is 11.3 Å². The molecular formula is C28H34FNO3. The summed E-state index contributed by atoms with van der Waals surface area (Å²) in [5.74, 6) is 1.26. The van der Waals surface area contributed by atoms with E-state index >= 15 is 0 Å². The van der Waals surface area contributed by atoms with Gasteiger partial charge in [0.25, 0.3) is 0 Å². The second-order valence-electron chi connectivity index (χ2n) is 9.04. The highest BCUT2D eigenvalue weighted by molar-refractivity contribution is 5.91. The van der Waals surface area contributed by atoms with Gasteiger partial charge in [0.1, 0.15) is 23.4 Å². The number of carbonyl (C=O) groups excluding carboxylic acids is 1. The van der Waals surface area contributed by atoms with Crippen molar-refractivity contribution in [3.05, 3.63) is 59.4 Å². The van der Waals surface area contributed by atoms with Gasteiger partial charge in [-0.2, -0.15) is 5.26 Å². The van der Waals surface area contributed by atoms with Crippen molar-refractivity contribution in [2.45, 2.75) is 71.1 Å². The van der Waals surface area contributed by atoms with Crippen molar-refractivity contribution < 1.29 is 18.7 Å². The predicted molar refractivity (Wildman–Crippen MR) is 127 cm³/mol. The van der Waals surface area contributed by atoms with E-state index in [4.69, 9.17) is 14.7 Å². The molecular weight excluding hydrogens is 417 g/mol. The monoisotopic (exact) mass is 451 g/mol. The molecule has 2 aromatic carbocycles. The lowest BCUT2D eigenvalue weighted by atomic mass is 9.78. The Bertz CT molecular complexity index is 927. The van der Waals surface area contributed by atoms with Crippen LogP contribution in [0.3, 0.4) is 0 Å². The van der Waals surface area contributed by atoms with Crippen molar-refractivity contribution in [1.82, 2.24) is 0 Å². The first-order valence-corrected chi connectivity index (χ1v) is 12.2. The number of hydrogen-bond donors (Lipinski definition) is 0. The lowest BCUT2D eigenvalue weighted by Gasteiger charge is -2.28. The van der Waals surface area contributed by atoms with Crippen LogP contribution in [0.25, 0.3) is 0 Å². The number of halogens is 1. The van der Waals surface area contributed by atoms with Gasteiger partial charge in [-0.15, -0.1) is 0 Å². The summed E-state index contributed by atoms with van der Waals surface area (Å²) in [7, 11) is 0. The number of unbranched alkanes of at least 4 members (excludes halogenated alkanes) is 2. The molecule has 0 N–H and O–H groups in total. The Labute approximate surface area is 196 Å². The number of benzene rings is 2. The number of hydrogen-bond acceptors (Lipinski definition) is 4. The Morgan fingerprint density at radius 1 is 0.970 bits per heavy atom. The molecule has 3 rings (SSSR count). The van der Waals surface area contributed by atoms with Gasteiger partial charge in [0, 0.05) is 6.07 Å². The van der Waals surface area contributed by atoms with Gasteiger partial charge in [-0.3, -0.25) is 0 Å². The summed E-state index contributed by atoms with van der Waals surface area (Å²) < 4.78 is 24.7. The van der Waals surface area contributed by atoms with E-state index < -0.39 is 11.8 Å². The quantitative estimate of drug-likeness (QED) is 0.202. The Hall–Kier alpha value is -2.87. The molecule has 0 unspecified atom stereocenters. The van der Waals surface area contributed by atoms with Crippen molar-refractivity contribution >= 4 is 5.97 Å². The van der Waals surface area contributed by atoms with Crippen LogP contribution >= 0.6 is 0 Å². The average molecular weight is 452 g/mol. The van der Waals surface area contributed by atoms with Crippen molar-refractivity contribution in [1.29, 1.82) is 5.26 Å². The van der Waals surface area contributed by atoms with Gasteiger partial charge >= 0.3 is 5.97 Å². The third-order valence-corrected chi connectivity index (χ3v) is 6.57. The fraction of sp³-hybridized carbons (Fsp3) is 0.500. The molecule has 1 saturated carbocycles. The maximum atomic E-state index is 13.7. The van der Waals surface area contributed by atoms with E-state index in [1.807, 2.05) is 0 Å². The molecule has 0 heterocycles. The lowest BCUT2D eigenvalue weighted by Crippen LogP contribution is -2.15. The molecule has 0 spiro atoms. The molecule has 5 heteroatoms.